The Morgan fingerprint density at radius 2 is 2.17 bits per heavy atom. The predicted octanol–water partition coefficient (Wildman–Crippen LogP) is 2.34. The van der Waals surface area contributed by atoms with E-state index in [9.17, 15) is 10.2 Å². The Bertz CT molecular complexity index is 763. The number of rotatable bonds is 6. The number of likely N-dealkylation sites (tertiary alicyclic amines) is 1. The van der Waals surface area contributed by atoms with Crippen LogP contribution >= 0.6 is 0 Å². The second-order valence-corrected chi connectivity index (χ2v) is 6.14. The molecule has 2 fully saturated rings. The molecular formula is C19H29NO4. The van der Waals surface area contributed by atoms with Gasteiger partial charge in [-0.15, -0.1) is 0 Å². The van der Waals surface area contributed by atoms with Crippen molar-refractivity contribution in [3.05, 3.63) is 23.8 Å². The summed E-state index contributed by atoms with van der Waals surface area (Å²) in [7, 11) is 1.38. The first-order valence-electron chi connectivity index (χ1n) is 11.4. The molecule has 1 saturated carbocycles. The van der Waals surface area contributed by atoms with Crippen LogP contribution in [0.5, 0.6) is 11.5 Å². The molecule has 0 spiro atoms. The van der Waals surface area contributed by atoms with Gasteiger partial charge < -0.3 is 19.7 Å². The van der Waals surface area contributed by atoms with Gasteiger partial charge in [0.1, 0.15) is 0 Å². The van der Waals surface area contributed by atoms with Crippen molar-refractivity contribution in [2.45, 2.75) is 56.7 Å². The van der Waals surface area contributed by atoms with Crippen molar-refractivity contribution in [1.29, 1.82) is 0 Å². The SMILES string of the molecule is [2H]C([2H])(CO[C@@H]1CCCC[C@H]1N1C([2H])([2H])C[C@@H](O)C1([2H])[2H])c1ccc(O)c(OC)c1. The van der Waals surface area contributed by atoms with Crippen molar-refractivity contribution in [1.82, 2.24) is 4.90 Å². The normalized spacial score (nSPS) is 36.7. The van der Waals surface area contributed by atoms with E-state index in [2.05, 4.69) is 0 Å². The first kappa shape index (κ1) is 11.3. The summed E-state index contributed by atoms with van der Waals surface area (Å²) in [5.41, 5.74) is 0.270. The van der Waals surface area contributed by atoms with Crippen molar-refractivity contribution >= 4 is 0 Å². The van der Waals surface area contributed by atoms with E-state index in [4.69, 9.17) is 17.7 Å². The highest BCUT2D eigenvalue weighted by molar-refractivity contribution is 5.41. The number of methoxy groups -OCH3 is 1. The fraction of sp³-hybridized carbons (Fsp3) is 0.684. The van der Waals surface area contributed by atoms with Gasteiger partial charge >= 0.3 is 0 Å². The lowest BCUT2D eigenvalue weighted by Gasteiger charge is -2.37. The van der Waals surface area contributed by atoms with Crippen LogP contribution in [0.1, 0.15) is 45.9 Å². The molecule has 1 aliphatic carbocycles. The predicted molar refractivity (Wildman–Crippen MR) is 92.6 cm³/mol. The van der Waals surface area contributed by atoms with Crippen LogP contribution in [0.3, 0.4) is 0 Å². The summed E-state index contributed by atoms with van der Waals surface area (Å²) in [5, 5.41) is 19.8. The number of β-amino-alcohol motifs (C(OH)–C–C–N with tert-alkyl or cyclic N) is 1. The Morgan fingerprint density at radius 1 is 1.33 bits per heavy atom. The van der Waals surface area contributed by atoms with E-state index in [1.165, 1.54) is 25.3 Å². The van der Waals surface area contributed by atoms with Crippen LogP contribution in [0.4, 0.5) is 0 Å². The molecule has 24 heavy (non-hydrogen) atoms. The molecule has 1 aromatic carbocycles. The number of aromatic hydroxyl groups is 1. The van der Waals surface area contributed by atoms with E-state index in [0.29, 0.717) is 12.8 Å². The monoisotopic (exact) mass is 341 g/mol. The number of phenols is 1. The molecule has 0 unspecified atom stereocenters. The minimum atomic E-state index is -2.23. The van der Waals surface area contributed by atoms with Crippen LogP contribution in [-0.4, -0.2) is 60.1 Å². The fourth-order valence-electron chi connectivity index (χ4n) is 3.24. The van der Waals surface area contributed by atoms with E-state index in [-0.39, 0.29) is 30.1 Å². The maximum atomic E-state index is 10.1. The molecule has 1 aromatic rings. The van der Waals surface area contributed by atoms with Crippen molar-refractivity contribution in [2.24, 2.45) is 0 Å². The molecule has 0 radical (unpaired) electrons. The standard InChI is InChI=1S/C19H29NO4/c1-23-19-12-14(6-7-17(19)22)9-11-24-18-5-3-2-4-16(18)20-10-8-15(21)13-20/h6-7,12,15-16,18,21-22H,2-5,8-11,13H2,1H3/t15-,16-,18-/m1/s1/i9D2,10D2,13D2. The fourth-order valence-corrected chi connectivity index (χ4v) is 3.24. The zero-order valence-corrected chi connectivity index (χ0v) is 13.9. The van der Waals surface area contributed by atoms with Crippen LogP contribution in [0, 0.1) is 0 Å². The maximum Gasteiger partial charge on any atom is 0.160 e. The van der Waals surface area contributed by atoms with Crippen LogP contribution in [0.25, 0.3) is 0 Å². The Morgan fingerprint density at radius 3 is 2.92 bits per heavy atom. The van der Waals surface area contributed by atoms with Crippen LogP contribution < -0.4 is 4.74 Å². The zero-order valence-electron chi connectivity index (χ0n) is 19.9. The second kappa shape index (κ2) is 8.19. The molecule has 0 bridgehead atoms. The van der Waals surface area contributed by atoms with Crippen molar-refractivity contribution in [3.63, 3.8) is 0 Å². The summed E-state index contributed by atoms with van der Waals surface area (Å²) in [6.07, 6.45) is -1.56. The number of hydrogen-bond acceptors (Lipinski definition) is 5. The Labute approximate surface area is 152 Å². The third-order valence-corrected chi connectivity index (χ3v) is 4.50. The molecule has 3 rings (SSSR count). The molecule has 0 amide bonds. The number of benzene rings is 1. The average Bonchev–Trinajstić information content (AvgIpc) is 2.83. The van der Waals surface area contributed by atoms with Gasteiger partial charge in [0.05, 0.1) is 25.9 Å². The highest BCUT2D eigenvalue weighted by Gasteiger charge is 2.34. The summed E-state index contributed by atoms with van der Waals surface area (Å²) < 4.78 is 60.7. The van der Waals surface area contributed by atoms with E-state index >= 15 is 0 Å². The van der Waals surface area contributed by atoms with Gasteiger partial charge in [-0.3, -0.25) is 4.90 Å². The van der Waals surface area contributed by atoms with Gasteiger partial charge in [0, 0.05) is 27.3 Å². The molecule has 1 aliphatic heterocycles. The van der Waals surface area contributed by atoms with E-state index in [0.717, 1.165) is 17.7 Å². The maximum absolute atomic E-state index is 10.1. The topological polar surface area (TPSA) is 62.2 Å². The number of phenolic OH excluding ortho intramolecular Hbond substituents is 1. The molecule has 134 valence electrons. The van der Waals surface area contributed by atoms with E-state index in [1.54, 1.807) is 0 Å². The third kappa shape index (κ3) is 4.21. The van der Waals surface area contributed by atoms with Gasteiger partial charge in [0.15, 0.2) is 11.5 Å². The van der Waals surface area contributed by atoms with Crippen LogP contribution in [0.2, 0.25) is 0 Å². The number of ether oxygens (including phenoxy) is 2. The lowest BCUT2D eigenvalue weighted by atomic mass is 9.91. The number of aliphatic hydroxyl groups is 1. The van der Waals surface area contributed by atoms with Crippen LogP contribution in [-0.2, 0) is 11.1 Å². The van der Waals surface area contributed by atoms with Gasteiger partial charge in [-0.1, -0.05) is 18.9 Å². The number of nitrogens with zero attached hydrogens (tertiary/aromatic N) is 1. The van der Waals surface area contributed by atoms with Gasteiger partial charge in [0.2, 0.25) is 0 Å². The molecular weight excluding hydrogens is 306 g/mol. The summed E-state index contributed by atoms with van der Waals surface area (Å²) in [6, 6.07) is 3.61. The second-order valence-electron chi connectivity index (χ2n) is 6.14. The Kier molecular flexibility index (Phi) is 3.87. The first-order valence-corrected chi connectivity index (χ1v) is 8.37. The zero-order chi connectivity index (χ0) is 22.3. The molecule has 2 aliphatic rings. The molecule has 5 heteroatoms. The Balaban J connectivity index is 1.78. The number of hydrogen-bond donors (Lipinski definition) is 2. The molecule has 5 nitrogen and oxygen atoms in total. The smallest absolute Gasteiger partial charge is 0.160 e. The largest absolute Gasteiger partial charge is 0.504 e. The third-order valence-electron chi connectivity index (χ3n) is 4.50. The first-order chi connectivity index (χ1) is 13.9. The quantitative estimate of drug-likeness (QED) is 0.832. The molecule has 2 N–H and O–H groups in total. The number of aliphatic hydroxyl groups excluding tert-OH is 1. The minimum Gasteiger partial charge on any atom is -0.504 e. The Hall–Kier alpha value is -1.30. The molecule has 0 aromatic heterocycles. The van der Waals surface area contributed by atoms with Gasteiger partial charge in [0.25, 0.3) is 0 Å². The van der Waals surface area contributed by atoms with Gasteiger partial charge in [-0.05, 0) is 43.3 Å². The highest BCUT2D eigenvalue weighted by Crippen LogP contribution is 2.29. The summed E-state index contributed by atoms with van der Waals surface area (Å²) >= 11 is 0. The highest BCUT2D eigenvalue weighted by atomic mass is 16.5. The lowest BCUT2D eigenvalue weighted by Crippen LogP contribution is -2.46. The average molecular weight is 341 g/mol. The van der Waals surface area contributed by atoms with Crippen molar-refractivity contribution in [3.8, 4) is 11.5 Å². The van der Waals surface area contributed by atoms with E-state index in [1.807, 2.05) is 0 Å². The lowest BCUT2D eigenvalue weighted by molar-refractivity contribution is -0.0316. The molecule has 1 saturated heterocycles. The van der Waals surface area contributed by atoms with Crippen molar-refractivity contribution < 1.29 is 27.9 Å². The van der Waals surface area contributed by atoms with Crippen LogP contribution in [0.15, 0.2) is 18.2 Å². The van der Waals surface area contributed by atoms with E-state index < -0.39 is 37.6 Å². The van der Waals surface area contributed by atoms with Crippen molar-refractivity contribution in [2.75, 3.05) is 26.7 Å². The summed E-state index contributed by atoms with van der Waals surface area (Å²) in [5.74, 6) is 0.0572. The van der Waals surface area contributed by atoms with Gasteiger partial charge in [-0.25, -0.2) is 0 Å². The summed E-state index contributed by atoms with van der Waals surface area (Å²) in [6.45, 7) is -4.56. The van der Waals surface area contributed by atoms with Gasteiger partial charge in [-0.2, -0.15) is 0 Å². The molecule has 1 heterocycles. The minimum absolute atomic E-state index is 0.0950. The molecule has 3 atom stereocenters. The summed E-state index contributed by atoms with van der Waals surface area (Å²) in [4.78, 5) is 1.09.